The van der Waals surface area contributed by atoms with Gasteiger partial charge in [-0.25, -0.2) is 19.9 Å². The highest BCUT2D eigenvalue weighted by Crippen LogP contribution is 2.40. The molecule has 3 heterocycles. The van der Waals surface area contributed by atoms with Crippen molar-refractivity contribution in [2.75, 3.05) is 0 Å². The van der Waals surface area contributed by atoms with Crippen molar-refractivity contribution in [1.82, 2.24) is 24.3 Å². The van der Waals surface area contributed by atoms with E-state index in [1.165, 1.54) is 10.8 Å². The Labute approximate surface area is 304 Å². The minimum atomic E-state index is 0.848. The SMILES string of the molecule is c1ccc(-c2ccc3nc(-c4ccc5c(c4)cc(-c4nc6ccccc6nc4-c4ccccc4)c4ccccc45)n4c5ccccc5nc4c3c2)cc1. The Morgan fingerprint density at radius 1 is 0.340 bits per heavy atom. The largest absolute Gasteiger partial charge is 0.276 e. The predicted molar refractivity (Wildman–Crippen MR) is 218 cm³/mol. The highest BCUT2D eigenvalue weighted by molar-refractivity contribution is 6.15. The number of hydrogen-bond donors (Lipinski definition) is 0. The molecule has 11 rings (SSSR count). The summed E-state index contributed by atoms with van der Waals surface area (Å²) in [7, 11) is 0. The molecule has 0 aliphatic carbocycles. The van der Waals surface area contributed by atoms with Gasteiger partial charge >= 0.3 is 0 Å². The van der Waals surface area contributed by atoms with Gasteiger partial charge < -0.3 is 0 Å². The molecule has 0 amide bonds. The zero-order valence-corrected chi connectivity index (χ0v) is 28.5. The van der Waals surface area contributed by atoms with Gasteiger partial charge in [-0.3, -0.25) is 4.40 Å². The van der Waals surface area contributed by atoms with Gasteiger partial charge in [-0.1, -0.05) is 127 Å². The number of aromatic nitrogens is 5. The standard InChI is InChI=1S/C48H29N5/c1-3-13-30(14-4-1)32-24-26-40-39(28-32)48-52-43-21-11-12-22-44(43)53(48)47(51-40)33-23-25-35-34(27-33)29-38(37-18-8-7-17-36(35)37)46-45(31-15-5-2-6-16-31)49-41-19-9-10-20-42(41)50-46/h1-29H. The summed E-state index contributed by atoms with van der Waals surface area (Å²) in [6, 6.07) is 61.3. The molecule has 53 heavy (non-hydrogen) atoms. The molecule has 0 saturated carbocycles. The van der Waals surface area contributed by atoms with Crippen molar-refractivity contribution in [3.63, 3.8) is 0 Å². The molecule has 0 saturated heterocycles. The third-order valence-corrected chi connectivity index (χ3v) is 10.3. The minimum absolute atomic E-state index is 0.848. The van der Waals surface area contributed by atoms with E-state index >= 15 is 0 Å². The number of fused-ring (bicyclic) bond motifs is 9. The normalized spacial score (nSPS) is 11.8. The molecule has 246 valence electrons. The van der Waals surface area contributed by atoms with Gasteiger partial charge in [-0.2, -0.15) is 0 Å². The fourth-order valence-electron chi connectivity index (χ4n) is 7.84. The quantitative estimate of drug-likeness (QED) is 0.174. The maximum atomic E-state index is 5.37. The summed E-state index contributed by atoms with van der Waals surface area (Å²) in [6.45, 7) is 0. The Kier molecular flexibility index (Phi) is 6.48. The van der Waals surface area contributed by atoms with Crippen LogP contribution in [0.25, 0.3) is 105 Å². The molecule has 5 heteroatoms. The van der Waals surface area contributed by atoms with E-state index in [2.05, 4.69) is 138 Å². The summed E-state index contributed by atoms with van der Waals surface area (Å²) in [5.41, 5.74) is 12.6. The molecule has 5 nitrogen and oxygen atoms in total. The van der Waals surface area contributed by atoms with E-state index in [-0.39, 0.29) is 0 Å². The second-order valence-electron chi connectivity index (χ2n) is 13.5. The lowest BCUT2D eigenvalue weighted by Gasteiger charge is -2.16. The van der Waals surface area contributed by atoms with Crippen LogP contribution < -0.4 is 0 Å². The molecule has 0 bridgehead atoms. The molecule has 3 aromatic heterocycles. The molecule has 0 spiro atoms. The smallest absolute Gasteiger partial charge is 0.149 e. The molecule has 8 aromatic carbocycles. The van der Waals surface area contributed by atoms with Crippen LogP contribution in [0.1, 0.15) is 0 Å². The molecule has 0 aliphatic heterocycles. The van der Waals surface area contributed by atoms with Gasteiger partial charge in [0.25, 0.3) is 0 Å². The fourth-order valence-corrected chi connectivity index (χ4v) is 7.84. The first-order valence-electron chi connectivity index (χ1n) is 17.8. The van der Waals surface area contributed by atoms with Gasteiger partial charge in [-0.05, 0) is 81.2 Å². The van der Waals surface area contributed by atoms with Crippen molar-refractivity contribution in [2.45, 2.75) is 0 Å². The number of hydrogen-bond acceptors (Lipinski definition) is 4. The van der Waals surface area contributed by atoms with Gasteiger partial charge in [0.1, 0.15) is 11.5 Å². The van der Waals surface area contributed by atoms with Crippen LogP contribution in [0, 0.1) is 0 Å². The Bertz CT molecular complexity index is 3220. The molecule has 0 unspecified atom stereocenters. The van der Waals surface area contributed by atoms with Crippen LogP contribution >= 0.6 is 0 Å². The summed E-state index contributed by atoms with van der Waals surface area (Å²) in [5.74, 6) is 0.848. The predicted octanol–water partition coefficient (Wildman–Crippen LogP) is 12.0. The van der Waals surface area contributed by atoms with Gasteiger partial charge in [0.15, 0.2) is 0 Å². The van der Waals surface area contributed by atoms with Crippen molar-refractivity contribution in [2.24, 2.45) is 0 Å². The number of rotatable bonds is 4. The molecular formula is C48H29N5. The van der Waals surface area contributed by atoms with Crippen LogP contribution in [0.4, 0.5) is 0 Å². The summed E-state index contributed by atoms with van der Waals surface area (Å²) in [4.78, 5) is 21.1. The number of imidazole rings is 1. The Balaban J connectivity index is 1.18. The summed E-state index contributed by atoms with van der Waals surface area (Å²) in [6.07, 6.45) is 0. The second kappa shape index (κ2) is 11.7. The van der Waals surface area contributed by atoms with Crippen molar-refractivity contribution < 1.29 is 0 Å². The summed E-state index contributed by atoms with van der Waals surface area (Å²) in [5, 5.41) is 5.59. The number of para-hydroxylation sites is 4. The van der Waals surface area contributed by atoms with E-state index in [4.69, 9.17) is 19.9 Å². The molecule has 11 aromatic rings. The van der Waals surface area contributed by atoms with Crippen LogP contribution in [-0.2, 0) is 0 Å². The molecule has 0 N–H and O–H groups in total. The average Bonchev–Trinajstić information content (AvgIpc) is 3.63. The van der Waals surface area contributed by atoms with Crippen LogP contribution in [0.5, 0.6) is 0 Å². The van der Waals surface area contributed by atoms with Gasteiger partial charge in [-0.15, -0.1) is 0 Å². The van der Waals surface area contributed by atoms with Crippen molar-refractivity contribution in [1.29, 1.82) is 0 Å². The Morgan fingerprint density at radius 3 is 1.77 bits per heavy atom. The second-order valence-corrected chi connectivity index (χ2v) is 13.5. The highest BCUT2D eigenvalue weighted by atomic mass is 15.1. The fraction of sp³-hybridized carbons (Fsp3) is 0. The van der Waals surface area contributed by atoms with E-state index in [0.29, 0.717) is 0 Å². The Morgan fingerprint density at radius 2 is 0.981 bits per heavy atom. The first-order chi connectivity index (χ1) is 26.3. The monoisotopic (exact) mass is 675 g/mol. The van der Waals surface area contributed by atoms with Crippen LogP contribution in [0.2, 0.25) is 0 Å². The maximum absolute atomic E-state index is 5.37. The minimum Gasteiger partial charge on any atom is -0.276 e. The third kappa shape index (κ3) is 4.71. The maximum Gasteiger partial charge on any atom is 0.149 e. The molecule has 0 atom stereocenters. The molecule has 0 radical (unpaired) electrons. The summed E-state index contributed by atoms with van der Waals surface area (Å²) >= 11 is 0. The van der Waals surface area contributed by atoms with Crippen LogP contribution in [0.3, 0.4) is 0 Å². The van der Waals surface area contributed by atoms with E-state index in [1.807, 2.05) is 42.5 Å². The van der Waals surface area contributed by atoms with E-state index < -0.39 is 0 Å². The zero-order chi connectivity index (χ0) is 34.9. The van der Waals surface area contributed by atoms with Crippen molar-refractivity contribution in [3.8, 4) is 45.0 Å². The lowest BCUT2D eigenvalue weighted by Crippen LogP contribution is -1.99. The topological polar surface area (TPSA) is 56.0 Å². The lowest BCUT2D eigenvalue weighted by molar-refractivity contribution is 1.16. The number of benzene rings is 8. The van der Waals surface area contributed by atoms with Gasteiger partial charge in [0.05, 0.1) is 39.0 Å². The highest BCUT2D eigenvalue weighted by Gasteiger charge is 2.20. The van der Waals surface area contributed by atoms with E-state index in [0.717, 1.165) is 94.4 Å². The van der Waals surface area contributed by atoms with Crippen LogP contribution in [-0.4, -0.2) is 24.3 Å². The van der Waals surface area contributed by atoms with Crippen molar-refractivity contribution in [3.05, 3.63) is 176 Å². The molecule has 0 aliphatic rings. The van der Waals surface area contributed by atoms with E-state index in [9.17, 15) is 0 Å². The molecule has 0 fully saturated rings. The van der Waals surface area contributed by atoms with Crippen LogP contribution in [0.15, 0.2) is 176 Å². The summed E-state index contributed by atoms with van der Waals surface area (Å²) < 4.78 is 2.22. The van der Waals surface area contributed by atoms with Gasteiger partial charge in [0, 0.05) is 22.1 Å². The third-order valence-electron chi connectivity index (χ3n) is 10.3. The van der Waals surface area contributed by atoms with Gasteiger partial charge in [0.2, 0.25) is 0 Å². The first-order valence-corrected chi connectivity index (χ1v) is 17.8. The Hall–Kier alpha value is -7.24. The van der Waals surface area contributed by atoms with Crippen molar-refractivity contribution >= 4 is 60.2 Å². The zero-order valence-electron chi connectivity index (χ0n) is 28.5. The van der Waals surface area contributed by atoms with E-state index in [1.54, 1.807) is 0 Å². The lowest BCUT2D eigenvalue weighted by atomic mass is 9.92. The first kappa shape index (κ1) is 29.5. The average molecular weight is 676 g/mol. The number of nitrogens with zero attached hydrogens (tertiary/aromatic N) is 5. The molecular weight excluding hydrogens is 647 g/mol.